The van der Waals surface area contributed by atoms with E-state index in [1.165, 1.54) is 0 Å². The fourth-order valence-electron chi connectivity index (χ4n) is 2.51. The van der Waals surface area contributed by atoms with Gasteiger partial charge in [-0.15, -0.1) is 0 Å². The van der Waals surface area contributed by atoms with E-state index in [4.69, 9.17) is 4.74 Å². The van der Waals surface area contributed by atoms with Crippen molar-refractivity contribution in [3.63, 3.8) is 0 Å². The lowest BCUT2D eigenvalue weighted by atomic mass is 10.0. The molecule has 0 saturated carbocycles. The summed E-state index contributed by atoms with van der Waals surface area (Å²) in [5.74, 6) is 0.645. The van der Waals surface area contributed by atoms with Crippen LogP contribution < -0.4 is 10.1 Å². The zero-order valence-electron chi connectivity index (χ0n) is 12.3. The first-order valence-electron chi connectivity index (χ1n) is 7.29. The van der Waals surface area contributed by atoms with Gasteiger partial charge in [0.2, 0.25) is 0 Å². The normalized spacial score (nSPS) is 18.9. The average Bonchev–Trinajstić information content (AvgIpc) is 2.48. The maximum Gasteiger partial charge on any atom is 0.408 e. The largest absolute Gasteiger partial charge is 0.494 e. The van der Waals surface area contributed by atoms with Crippen molar-refractivity contribution in [2.24, 2.45) is 0 Å². The molecule has 0 aliphatic carbocycles. The molecule has 1 N–H and O–H groups in total. The molecule has 0 aromatic heterocycles. The summed E-state index contributed by atoms with van der Waals surface area (Å²) in [5.41, 5.74) is 0.444. The van der Waals surface area contributed by atoms with Crippen LogP contribution in [-0.4, -0.2) is 36.3 Å². The Labute approximate surface area is 127 Å². The van der Waals surface area contributed by atoms with E-state index in [1.54, 1.807) is 24.3 Å². The van der Waals surface area contributed by atoms with E-state index in [0.29, 0.717) is 30.9 Å². The van der Waals surface area contributed by atoms with Crippen molar-refractivity contribution >= 4 is 11.7 Å². The lowest BCUT2D eigenvalue weighted by Gasteiger charge is -2.36. The number of urea groups is 1. The van der Waals surface area contributed by atoms with E-state index >= 15 is 0 Å². The third kappa shape index (κ3) is 4.05. The van der Waals surface area contributed by atoms with Crippen LogP contribution in [0.25, 0.3) is 0 Å². The molecule has 1 aromatic carbocycles. The number of carbonyl (C=O) groups excluding carboxylic acids is 1. The van der Waals surface area contributed by atoms with E-state index in [1.807, 2.05) is 6.92 Å². The van der Waals surface area contributed by atoms with Gasteiger partial charge >= 0.3 is 12.2 Å². The maximum absolute atomic E-state index is 13.0. The number of nitrogens with one attached hydrogen (secondary N) is 1. The van der Waals surface area contributed by atoms with E-state index in [-0.39, 0.29) is 13.0 Å². The molecular weight excluding hydrogens is 297 g/mol. The van der Waals surface area contributed by atoms with Gasteiger partial charge in [0.1, 0.15) is 11.8 Å². The molecule has 1 aliphatic heterocycles. The van der Waals surface area contributed by atoms with Gasteiger partial charge in [-0.3, -0.25) is 0 Å². The number of anilines is 1. The van der Waals surface area contributed by atoms with Crippen molar-refractivity contribution in [2.75, 3.05) is 18.5 Å². The molecule has 1 heterocycles. The summed E-state index contributed by atoms with van der Waals surface area (Å²) in [4.78, 5) is 13.0. The van der Waals surface area contributed by atoms with Crippen molar-refractivity contribution in [3.8, 4) is 5.75 Å². The van der Waals surface area contributed by atoms with Gasteiger partial charge in [-0.1, -0.05) is 0 Å². The van der Waals surface area contributed by atoms with Gasteiger partial charge in [-0.25, -0.2) is 4.79 Å². The van der Waals surface area contributed by atoms with Crippen LogP contribution in [0.15, 0.2) is 24.3 Å². The summed E-state index contributed by atoms with van der Waals surface area (Å²) < 4.78 is 44.2. The molecule has 22 heavy (non-hydrogen) atoms. The highest BCUT2D eigenvalue weighted by molar-refractivity contribution is 5.89. The fraction of sp³-hybridized carbons (Fsp3) is 0.533. The van der Waals surface area contributed by atoms with Crippen molar-refractivity contribution in [3.05, 3.63) is 24.3 Å². The van der Waals surface area contributed by atoms with Crippen LogP contribution in [0.3, 0.4) is 0 Å². The molecule has 1 aromatic rings. The van der Waals surface area contributed by atoms with Crippen LogP contribution in [0.4, 0.5) is 23.7 Å². The first-order valence-corrected chi connectivity index (χ1v) is 7.29. The van der Waals surface area contributed by atoms with E-state index < -0.39 is 18.2 Å². The standard InChI is InChI=1S/C15H19F3N2O2/c1-2-22-12-8-6-11(7-9-12)19-14(21)20-10-4-3-5-13(20)15(16,17)18/h6-9,13H,2-5,10H2,1H3,(H,19,21)/t13-/m0/s1. The van der Waals surface area contributed by atoms with Crippen LogP contribution in [0.1, 0.15) is 26.2 Å². The Morgan fingerprint density at radius 1 is 1.32 bits per heavy atom. The fourth-order valence-corrected chi connectivity index (χ4v) is 2.51. The van der Waals surface area contributed by atoms with Gasteiger partial charge < -0.3 is 15.0 Å². The van der Waals surface area contributed by atoms with Crippen molar-refractivity contribution < 1.29 is 22.7 Å². The first-order chi connectivity index (χ1) is 10.4. The maximum atomic E-state index is 13.0. The minimum atomic E-state index is -4.39. The summed E-state index contributed by atoms with van der Waals surface area (Å²) in [5, 5.41) is 2.51. The molecule has 2 rings (SSSR count). The van der Waals surface area contributed by atoms with Crippen LogP contribution in [0.2, 0.25) is 0 Å². The third-order valence-corrected chi connectivity index (χ3v) is 3.56. The number of nitrogens with zero attached hydrogens (tertiary/aromatic N) is 1. The monoisotopic (exact) mass is 316 g/mol. The number of ether oxygens (including phenoxy) is 1. The summed E-state index contributed by atoms with van der Waals surface area (Å²) in [6, 6.07) is 4.12. The molecule has 1 saturated heterocycles. The Hall–Kier alpha value is -1.92. The number of benzene rings is 1. The molecule has 2 amide bonds. The van der Waals surface area contributed by atoms with Crippen LogP contribution in [0, 0.1) is 0 Å². The second kappa shape index (κ2) is 6.89. The number of hydrogen-bond acceptors (Lipinski definition) is 2. The molecule has 0 bridgehead atoms. The molecule has 1 aliphatic rings. The number of carbonyl (C=O) groups is 1. The highest BCUT2D eigenvalue weighted by Crippen LogP contribution is 2.32. The van der Waals surface area contributed by atoms with Crippen LogP contribution >= 0.6 is 0 Å². The van der Waals surface area contributed by atoms with Crippen molar-refractivity contribution in [1.29, 1.82) is 0 Å². The Balaban J connectivity index is 2.03. The molecule has 122 valence electrons. The number of alkyl halides is 3. The number of rotatable bonds is 3. The topological polar surface area (TPSA) is 41.6 Å². The second-order valence-corrected chi connectivity index (χ2v) is 5.13. The van der Waals surface area contributed by atoms with Gasteiger partial charge in [0.25, 0.3) is 0 Å². The predicted molar refractivity (Wildman–Crippen MR) is 77.0 cm³/mol. The summed E-state index contributed by atoms with van der Waals surface area (Å²) >= 11 is 0. The average molecular weight is 316 g/mol. The highest BCUT2D eigenvalue weighted by atomic mass is 19.4. The Bertz CT molecular complexity index is 503. The van der Waals surface area contributed by atoms with Gasteiger partial charge in [0.05, 0.1) is 6.61 Å². The number of likely N-dealkylation sites (tertiary alicyclic amines) is 1. The number of hydrogen-bond donors (Lipinski definition) is 1. The predicted octanol–water partition coefficient (Wildman–Crippen LogP) is 4.03. The van der Waals surface area contributed by atoms with Crippen LogP contribution in [0.5, 0.6) is 5.75 Å². The second-order valence-electron chi connectivity index (χ2n) is 5.13. The Kier molecular flexibility index (Phi) is 5.15. The minimum Gasteiger partial charge on any atom is -0.494 e. The molecule has 0 radical (unpaired) electrons. The molecule has 4 nitrogen and oxygen atoms in total. The first kappa shape index (κ1) is 16.5. The molecule has 0 unspecified atom stereocenters. The number of piperidine rings is 1. The van der Waals surface area contributed by atoms with Gasteiger partial charge in [0.15, 0.2) is 0 Å². The van der Waals surface area contributed by atoms with E-state index in [0.717, 1.165) is 4.90 Å². The third-order valence-electron chi connectivity index (χ3n) is 3.56. The Morgan fingerprint density at radius 3 is 2.59 bits per heavy atom. The number of amides is 2. The van der Waals surface area contributed by atoms with Gasteiger partial charge in [0, 0.05) is 12.2 Å². The van der Waals surface area contributed by atoms with Gasteiger partial charge in [-0.05, 0) is 50.5 Å². The quantitative estimate of drug-likeness (QED) is 0.914. The zero-order chi connectivity index (χ0) is 16.2. The highest BCUT2D eigenvalue weighted by Gasteiger charge is 2.46. The minimum absolute atomic E-state index is 0.0415. The molecular formula is C15H19F3N2O2. The summed E-state index contributed by atoms with van der Waals surface area (Å²) in [7, 11) is 0. The molecule has 0 spiro atoms. The van der Waals surface area contributed by atoms with Crippen LogP contribution in [-0.2, 0) is 0 Å². The molecule has 7 heteroatoms. The smallest absolute Gasteiger partial charge is 0.408 e. The number of halogens is 3. The zero-order valence-corrected chi connectivity index (χ0v) is 12.3. The van der Waals surface area contributed by atoms with Gasteiger partial charge in [-0.2, -0.15) is 13.2 Å². The lowest BCUT2D eigenvalue weighted by molar-refractivity contribution is -0.181. The molecule has 1 atom stereocenters. The molecule has 1 fully saturated rings. The van der Waals surface area contributed by atoms with E-state index in [2.05, 4.69) is 5.32 Å². The van der Waals surface area contributed by atoms with Crippen molar-refractivity contribution in [2.45, 2.75) is 38.4 Å². The van der Waals surface area contributed by atoms with Crippen molar-refractivity contribution in [1.82, 2.24) is 4.90 Å². The lowest BCUT2D eigenvalue weighted by Crippen LogP contribution is -2.52. The summed E-state index contributed by atoms with van der Waals surface area (Å²) in [6.07, 6.45) is -3.36. The Morgan fingerprint density at radius 2 is 2.00 bits per heavy atom. The van der Waals surface area contributed by atoms with E-state index in [9.17, 15) is 18.0 Å². The SMILES string of the molecule is CCOc1ccc(NC(=O)N2CCCC[C@H]2C(F)(F)F)cc1. The summed E-state index contributed by atoms with van der Waals surface area (Å²) in [6.45, 7) is 2.49.